The second-order valence-corrected chi connectivity index (χ2v) is 4.10. The Hall–Kier alpha value is -1.91. The summed E-state index contributed by atoms with van der Waals surface area (Å²) in [7, 11) is 0. The first-order chi connectivity index (χ1) is 8.67. The second kappa shape index (κ2) is 5.62. The van der Waals surface area contributed by atoms with E-state index in [0.29, 0.717) is 17.9 Å². The number of benzene rings is 1. The van der Waals surface area contributed by atoms with Crippen LogP contribution in [0.4, 0.5) is 14.6 Å². The van der Waals surface area contributed by atoms with Crippen LogP contribution in [0.2, 0.25) is 0 Å². The second-order valence-electron chi connectivity index (χ2n) is 4.10. The van der Waals surface area contributed by atoms with Crippen LogP contribution >= 0.6 is 0 Å². The van der Waals surface area contributed by atoms with Gasteiger partial charge in [0.1, 0.15) is 17.5 Å². The molecule has 0 saturated carbocycles. The molecule has 0 aliphatic heterocycles. The van der Waals surface area contributed by atoms with Gasteiger partial charge in [-0.3, -0.25) is 4.68 Å². The summed E-state index contributed by atoms with van der Waals surface area (Å²) in [6.45, 7) is 3.28. The monoisotopic (exact) mass is 251 g/mol. The van der Waals surface area contributed by atoms with E-state index in [2.05, 4.69) is 17.3 Å². The summed E-state index contributed by atoms with van der Waals surface area (Å²) < 4.78 is 27.8. The molecule has 0 radical (unpaired) electrons. The maximum absolute atomic E-state index is 13.0. The van der Waals surface area contributed by atoms with Gasteiger partial charge >= 0.3 is 0 Å². The zero-order valence-electron chi connectivity index (χ0n) is 10.2. The van der Waals surface area contributed by atoms with Crippen LogP contribution in [0, 0.1) is 11.6 Å². The van der Waals surface area contributed by atoms with Gasteiger partial charge in [-0.25, -0.2) is 8.78 Å². The fourth-order valence-corrected chi connectivity index (χ4v) is 1.72. The molecule has 0 aliphatic carbocycles. The molecular formula is C13H15F2N3. The molecule has 3 nitrogen and oxygen atoms in total. The van der Waals surface area contributed by atoms with Crippen LogP contribution in [-0.4, -0.2) is 9.78 Å². The van der Waals surface area contributed by atoms with E-state index in [1.165, 1.54) is 12.1 Å². The summed E-state index contributed by atoms with van der Waals surface area (Å²) >= 11 is 0. The van der Waals surface area contributed by atoms with Gasteiger partial charge in [0, 0.05) is 31.4 Å². The molecule has 0 fully saturated rings. The standard InChI is InChI=1S/C13H15F2N3/c1-2-4-18-5-3-13(17-18)16-9-10-6-11(14)8-12(15)7-10/h3,5-8H,2,4,9H2,1H3,(H,16,17). The highest BCUT2D eigenvalue weighted by atomic mass is 19.1. The summed E-state index contributed by atoms with van der Waals surface area (Å²) in [5, 5.41) is 7.31. The minimum atomic E-state index is -0.566. The number of hydrogen-bond donors (Lipinski definition) is 1. The lowest BCUT2D eigenvalue weighted by molar-refractivity contribution is 0.580. The van der Waals surface area contributed by atoms with E-state index in [1.54, 1.807) is 0 Å². The Bertz CT molecular complexity index is 502. The van der Waals surface area contributed by atoms with Crippen molar-refractivity contribution in [1.29, 1.82) is 0 Å². The van der Waals surface area contributed by atoms with Gasteiger partial charge in [-0.15, -0.1) is 0 Å². The van der Waals surface area contributed by atoms with Crippen molar-refractivity contribution in [1.82, 2.24) is 9.78 Å². The first-order valence-corrected chi connectivity index (χ1v) is 5.89. The van der Waals surface area contributed by atoms with Crippen LogP contribution in [-0.2, 0) is 13.1 Å². The molecule has 5 heteroatoms. The molecule has 1 N–H and O–H groups in total. The molecule has 1 heterocycles. The molecule has 1 aromatic heterocycles. The number of nitrogens with zero attached hydrogens (tertiary/aromatic N) is 2. The van der Waals surface area contributed by atoms with Gasteiger partial charge in [0.15, 0.2) is 0 Å². The summed E-state index contributed by atoms with van der Waals surface area (Å²) in [6, 6.07) is 5.31. The third kappa shape index (κ3) is 3.29. The number of halogens is 2. The Labute approximate surface area is 104 Å². The summed E-state index contributed by atoms with van der Waals surface area (Å²) in [4.78, 5) is 0. The minimum Gasteiger partial charge on any atom is -0.365 e. The highest BCUT2D eigenvalue weighted by Crippen LogP contribution is 2.10. The lowest BCUT2D eigenvalue weighted by Crippen LogP contribution is -2.03. The number of aryl methyl sites for hydroxylation is 1. The Morgan fingerprint density at radius 1 is 1.22 bits per heavy atom. The summed E-state index contributed by atoms with van der Waals surface area (Å²) in [6.07, 6.45) is 2.88. The number of aromatic nitrogens is 2. The fraction of sp³-hybridized carbons (Fsp3) is 0.308. The van der Waals surface area contributed by atoms with Crippen LogP contribution in [0.25, 0.3) is 0 Å². The number of rotatable bonds is 5. The Kier molecular flexibility index (Phi) is 3.92. The maximum Gasteiger partial charge on any atom is 0.148 e. The largest absolute Gasteiger partial charge is 0.365 e. The van der Waals surface area contributed by atoms with Gasteiger partial charge < -0.3 is 5.32 Å². The van der Waals surface area contributed by atoms with Crippen molar-refractivity contribution in [3.8, 4) is 0 Å². The Morgan fingerprint density at radius 2 is 1.94 bits per heavy atom. The van der Waals surface area contributed by atoms with Crippen molar-refractivity contribution < 1.29 is 8.78 Å². The van der Waals surface area contributed by atoms with Crippen LogP contribution < -0.4 is 5.32 Å². The van der Waals surface area contributed by atoms with Gasteiger partial charge in [-0.1, -0.05) is 6.92 Å². The highest BCUT2D eigenvalue weighted by Gasteiger charge is 2.02. The van der Waals surface area contributed by atoms with E-state index in [9.17, 15) is 8.78 Å². The van der Waals surface area contributed by atoms with Crippen molar-refractivity contribution in [2.24, 2.45) is 0 Å². The molecule has 0 saturated heterocycles. The van der Waals surface area contributed by atoms with E-state index in [0.717, 1.165) is 19.0 Å². The first-order valence-electron chi connectivity index (χ1n) is 5.89. The highest BCUT2D eigenvalue weighted by molar-refractivity contribution is 5.34. The summed E-state index contributed by atoms with van der Waals surface area (Å²) in [5.74, 6) is -0.431. The third-order valence-corrected chi connectivity index (χ3v) is 2.49. The molecular weight excluding hydrogens is 236 g/mol. The van der Waals surface area contributed by atoms with Crippen molar-refractivity contribution in [2.45, 2.75) is 26.4 Å². The number of hydrogen-bond acceptors (Lipinski definition) is 2. The molecule has 0 atom stereocenters. The lowest BCUT2D eigenvalue weighted by Gasteiger charge is -2.04. The molecule has 0 bridgehead atoms. The average Bonchev–Trinajstić information content (AvgIpc) is 2.74. The zero-order valence-corrected chi connectivity index (χ0v) is 10.2. The minimum absolute atomic E-state index is 0.345. The van der Waals surface area contributed by atoms with Gasteiger partial charge in [0.05, 0.1) is 0 Å². The topological polar surface area (TPSA) is 29.9 Å². The zero-order chi connectivity index (χ0) is 13.0. The van der Waals surface area contributed by atoms with Crippen LogP contribution in [0.5, 0.6) is 0 Å². The predicted molar refractivity (Wildman–Crippen MR) is 66.2 cm³/mol. The van der Waals surface area contributed by atoms with Gasteiger partial charge in [-0.2, -0.15) is 5.10 Å². The average molecular weight is 251 g/mol. The maximum atomic E-state index is 13.0. The van der Waals surface area contributed by atoms with Crippen molar-refractivity contribution >= 4 is 5.82 Å². The normalized spacial score (nSPS) is 10.6. The van der Waals surface area contributed by atoms with Gasteiger partial charge in [0.25, 0.3) is 0 Å². The Balaban J connectivity index is 1.97. The number of anilines is 1. The van der Waals surface area contributed by atoms with Gasteiger partial charge in [0.2, 0.25) is 0 Å². The molecule has 0 amide bonds. The molecule has 0 aliphatic rings. The number of nitrogens with one attached hydrogen (secondary N) is 1. The quantitative estimate of drug-likeness (QED) is 0.884. The predicted octanol–water partition coefficient (Wildman–Crippen LogP) is 3.18. The molecule has 96 valence electrons. The molecule has 0 spiro atoms. The molecule has 18 heavy (non-hydrogen) atoms. The van der Waals surface area contributed by atoms with E-state index < -0.39 is 11.6 Å². The summed E-state index contributed by atoms with van der Waals surface area (Å²) in [5.41, 5.74) is 0.553. The Morgan fingerprint density at radius 3 is 2.61 bits per heavy atom. The molecule has 0 unspecified atom stereocenters. The lowest BCUT2D eigenvalue weighted by atomic mass is 10.2. The van der Waals surface area contributed by atoms with Crippen LogP contribution in [0.3, 0.4) is 0 Å². The molecule has 2 rings (SSSR count). The SMILES string of the molecule is CCCn1ccc(NCc2cc(F)cc(F)c2)n1. The van der Waals surface area contributed by atoms with E-state index in [-0.39, 0.29) is 0 Å². The van der Waals surface area contributed by atoms with E-state index in [1.807, 2.05) is 16.9 Å². The van der Waals surface area contributed by atoms with Crippen LogP contribution in [0.1, 0.15) is 18.9 Å². The molecule has 2 aromatic rings. The van der Waals surface area contributed by atoms with Gasteiger partial charge in [-0.05, 0) is 24.1 Å². The van der Waals surface area contributed by atoms with Crippen molar-refractivity contribution in [3.05, 3.63) is 47.7 Å². The van der Waals surface area contributed by atoms with Crippen molar-refractivity contribution in [2.75, 3.05) is 5.32 Å². The van der Waals surface area contributed by atoms with Crippen LogP contribution in [0.15, 0.2) is 30.5 Å². The molecule has 1 aromatic carbocycles. The smallest absolute Gasteiger partial charge is 0.148 e. The van der Waals surface area contributed by atoms with Crippen molar-refractivity contribution in [3.63, 3.8) is 0 Å². The van der Waals surface area contributed by atoms with E-state index in [4.69, 9.17) is 0 Å². The van der Waals surface area contributed by atoms with E-state index >= 15 is 0 Å². The first kappa shape index (κ1) is 12.5. The fourth-order valence-electron chi connectivity index (χ4n) is 1.72. The third-order valence-electron chi connectivity index (χ3n) is 2.49.